The van der Waals surface area contributed by atoms with E-state index in [4.69, 9.17) is 0 Å². The summed E-state index contributed by atoms with van der Waals surface area (Å²) in [6.45, 7) is 0.635. The van der Waals surface area contributed by atoms with Crippen LogP contribution in [0.1, 0.15) is 44.1 Å². The van der Waals surface area contributed by atoms with Gasteiger partial charge >= 0.3 is 6.03 Å². The van der Waals surface area contributed by atoms with Crippen molar-refractivity contribution < 1.29 is 9.59 Å². The Morgan fingerprint density at radius 3 is 2.75 bits per heavy atom. The molecule has 6 heteroatoms. The van der Waals surface area contributed by atoms with Gasteiger partial charge in [0.1, 0.15) is 0 Å². The summed E-state index contributed by atoms with van der Waals surface area (Å²) in [7, 11) is 1.97. The quantitative estimate of drug-likeness (QED) is 0.685. The van der Waals surface area contributed by atoms with E-state index < -0.39 is 0 Å². The Labute approximate surface area is 142 Å². The molecular weight excluding hydrogens is 304 g/mol. The summed E-state index contributed by atoms with van der Waals surface area (Å²) in [4.78, 5) is 23.6. The number of fused-ring (bicyclic) bond motifs is 1. The van der Waals surface area contributed by atoms with Gasteiger partial charge in [-0.05, 0) is 50.1 Å². The van der Waals surface area contributed by atoms with Crippen LogP contribution in [0.15, 0.2) is 18.2 Å². The Hall–Kier alpha value is -2.08. The summed E-state index contributed by atoms with van der Waals surface area (Å²) in [5, 5.41) is 12.1. The fraction of sp³-hybridized carbons (Fsp3) is 0.556. The molecule has 0 atom stereocenters. The Morgan fingerprint density at radius 1 is 1.21 bits per heavy atom. The van der Waals surface area contributed by atoms with E-state index in [1.165, 1.54) is 19.3 Å². The Kier molecular flexibility index (Phi) is 5.04. The highest BCUT2D eigenvalue weighted by molar-refractivity contribution is 5.95. The lowest BCUT2D eigenvalue weighted by molar-refractivity contribution is -0.116. The van der Waals surface area contributed by atoms with Crippen molar-refractivity contribution >= 4 is 23.3 Å². The number of rotatable bonds is 4. The lowest BCUT2D eigenvalue weighted by atomic mass is 9.82. The highest BCUT2D eigenvalue weighted by Gasteiger charge is 2.30. The third kappa shape index (κ3) is 3.87. The maximum atomic E-state index is 12.2. The molecule has 0 unspecified atom stereocenters. The van der Waals surface area contributed by atoms with Crippen molar-refractivity contribution in [3.8, 4) is 0 Å². The molecule has 3 rings (SSSR count). The third-order valence-electron chi connectivity index (χ3n) is 5.19. The van der Waals surface area contributed by atoms with Crippen molar-refractivity contribution in [3.05, 3.63) is 23.8 Å². The number of nitrogens with one attached hydrogen (secondary N) is 4. The van der Waals surface area contributed by atoms with Gasteiger partial charge in [-0.2, -0.15) is 0 Å². The number of hydrogen-bond donors (Lipinski definition) is 4. The normalized spacial score (nSPS) is 19.1. The first-order chi connectivity index (χ1) is 11.6. The van der Waals surface area contributed by atoms with E-state index >= 15 is 0 Å². The molecule has 0 aromatic heterocycles. The molecule has 1 heterocycles. The van der Waals surface area contributed by atoms with Gasteiger partial charge in [0.05, 0.1) is 0 Å². The molecule has 1 aliphatic carbocycles. The molecule has 6 nitrogen and oxygen atoms in total. The monoisotopic (exact) mass is 330 g/mol. The molecule has 1 fully saturated rings. The van der Waals surface area contributed by atoms with Gasteiger partial charge in [-0.15, -0.1) is 0 Å². The van der Waals surface area contributed by atoms with Crippen molar-refractivity contribution in [1.82, 2.24) is 10.6 Å². The highest BCUT2D eigenvalue weighted by atomic mass is 16.2. The molecule has 0 spiro atoms. The predicted molar refractivity (Wildman–Crippen MR) is 95.3 cm³/mol. The number of aryl methyl sites for hydroxylation is 1. The largest absolute Gasteiger partial charge is 0.336 e. The van der Waals surface area contributed by atoms with Gasteiger partial charge < -0.3 is 21.3 Å². The van der Waals surface area contributed by atoms with Gasteiger partial charge in [0.2, 0.25) is 5.91 Å². The van der Waals surface area contributed by atoms with Gasteiger partial charge in [-0.25, -0.2) is 4.79 Å². The first kappa shape index (κ1) is 16.8. The van der Waals surface area contributed by atoms with Gasteiger partial charge in [0.25, 0.3) is 0 Å². The van der Waals surface area contributed by atoms with E-state index in [-0.39, 0.29) is 17.5 Å². The van der Waals surface area contributed by atoms with Crippen LogP contribution in [0.5, 0.6) is 0 Å². The maximum absolute atomic E-state index is 12.2. The van der Waals surface area contributed by atoms with Crippen molar-refractivity contribution in [2.24, 2.45) is 0 Å². The Bertz CT molecular complexity index is 623. The topological polar surface area (TPSA) is 82.3 Å². The molecule has 130 valence electrons. The van der Waals surface area contributed by atoms with E-state index in [1.807, 2.05) is 25.2 Å². The molecular formula is C18H26N4O2. The fourth-order valence-corrected chi connectivity index (χ4v) is 3.63. The zero-order valence-corrected chi connectivity index (χ0v) is 14.2. The average Bonchev–Trinajstić information content (AvgIpc) is 2.61. The second kappa shape index (κ2) is 7.21. The van der Waals surface area contributed by atoms with Crippen molar-refractivity contribution in [1.29, 1.82) is 0 Å². The summed E-state index contributed by atoms with van der Waals surface area (Å²) in [6.07, 6.45) is 7.10. The second-order valence-corrected chi connectivity index (χ2v) is 6.82. The van der Waals surface area contributed by atoms with Crippen LogP contribution in [0.25, 0.3) is 0 Å². The van der Waals surface area contributed by atoms with Crippen molar-refractivity contribution in [3.63, 3.8) is 0 Å². The molecule has 24 heavy (non-hydrogen) atoms. The van der Waals surface area contributed by atoms with Crippen LogP contribution in [0.3, 0.4) is 0 Å². The third-order valence-corrected chi connectivity index (χ3v) is 5.19. The smallest absolute Gasteiger partial charge is 0.319 e. The van der Waals surface area contributed by atoms with Crippen LogP contribution in [0, 0.1) is 0 Å². The Morgan fingerprint density at radius 2 is 2.00 bits per heavy atom. The standard InChI is InChI=1S/C18H26N4O2/c1-19-18(9-3-2-4-10-18)12-20-17(24)21-14-6-7-15-13(11-14)5-8-16(23)22-15/h6-7,11,19H,2-5,8-10,12H2,1H3,(H,22,23)(H2,20,21,24). The molecule has 4 N–H and O–H groups in total. The number of hydrogen-bond acceptors (Lipinski definition) is 3. The van der Waals surface area contributed by atoms with Crippen LogP contribution in [0.2, 0.25) is 0 Å². The minimum atomic E-state index is -0.185. The van der Waals surface area contributed by atoms with Crippen LogP contribution in [-0.2, 0) is 11.2 Å². The summed E-state index contributed by atoms with van der Waals surface area (Å²) < 4.78 is 0. The molecule has 0 bridgehead atoms. The highest BCUT2D eigenvalue weighted by Crippen LogP contribution is 2.28. The Balaban J connectivity index is 1.56. The van der Waals surface area contributed by atoms with E-state index in [9.17, 15) is 9.59 Å². The number of amides is 3. The number of anilines is 2. The summed E-state index contributed by atoms with van der Waals surface area (Å²) >= 11 is 0. The van der Waals surface area contributed by atoms with E-state index in [2.05, 4.69) is 21.3 Å². The van der Waals surface area contributed by atoms with Crippen LogP contribution >= 0.6 is 0 Å². The zero-order valence-electron chi connectivity index (χ0n) is 14.2. The van der Waals surface area contributed by atoms with Gasteiger partial charge in [0, 0.05) is 29.9 Å². The molecule has 1 aromatic carbocycles. The molecule has 0 radical (unpaired) electrons. The van der Waals surface area contributed by atoms with Crippen molar-refractivity contribution in [2.45, 2.75) is 50.5 Å². The summed E-state index contributed by atoms with van der Waals surface area (Å²) in [5.41, 5.74) is 2.68. The number of likely N-dealkylation sites (N-methyl/N-ethyl adjacent to an activating group) is 1. The van der Waals surface area contributed by atoms with Crippen LogP contribution < -0.4 is 21.3 Å². The molecule has 1 aromatic rings. The molecule has 2 aliphatic rings. The lowest BCUT2D eigenvalue weighted by Crippen LogP contribution is -2.53. The molecule has 1 saturated carbocycles. The first-order valence-electron chi connectivity index (χ1n) is 8.77. The summed E-state index contributed by atoms with van der Waals surface area (Å²) in [5.74, 6) is 0.0470. The number of carbonyl (C=O) groups is 2. The van der Waals surface area contributed by atoms with E-state index in [0.29, 0.717) is 19.4 Å². The van der Waals surface area contributed by atoms with Crippen molar-refractivity contribution in [2.75, 3.05) is 24.2 Å². The maximum Gasteiger partial charge on any atom is 0.319 e. The van der Waals surface area contributed by atoms with Gasteiger partial charge in [-0.1, -0.05) is 19.3 Å². The number of benzene rings is 1. The SMILES string of the molecule is CNC1(CNC(=O)Nc2ccc3c(c2)CCC(=O)N3)CCCCC1. The minimum absolute atomic E-state index is 0.0235. The average molecular weight is 330 g/mol. The minimum Gasteiger partial charge on any atom is -0.336 e. The first-order valence-corrected chi connectivity index (χ1v) is 8.77. The van der Waals surface area contributed by atoms with E-state index in [1.54, 1.807) is 0 Å². The fourth-order valence-electron chi connectivity index (χ4n) is 3.63. The molecule has 0 saturated heterocycles. The second-order valence-electron chi connectivity index (χ2n) is 6.82. The van der Waals surface area contributed by atoms with Gasteiger partial charge in [0.15, 0.2) is 0 Å². The number of urea groups is 1. The van der Waals surface area contributed by atoms with Crippen LogP contribution in [0.4, 0.5) is 16.2 Å². The van der Waals surface area contributed by atoms with Gasteiger partial charge in [-0.3, -0.25) is 4.79 Å². The molecule has 1 aliphatic heterocycles. The zero-order chi connectivity index (χ0) is 17.0. The predicted octanol–water partition coefficient (Wildman–Crippen LogP) is 2.62. The number of carbonyl (C=O) groups excluding carboxylic acids is 2. The molecule has 3 amide bonds. The summed E-state index contributed by atoms with van der Waals surface area (Å²) in [6, 6.07) is 5.41. The lowest BCUT2D eigenvalue weighted by Gasteiger charge is -2.37. The van der Waals surface area contributed by atoms with Crippen LogP contribution in [-0.4, -0.2) is 31.1 Å². The van der Waals surface area contributed by atoms with E-state index in [0.717, 1.165) is 29.8 Å².